The summed E-state index contributed by atoms with van der Waals surface area (Å²) in [5.41, 5.74) is 1.07. The number of sulfonamides is 1. The van der Waals surface area contributed by atoms with Crippen molar-refractivity contribution < 1.29 is 17.6 Å². The van der Waals surface area contributed by atoms with Crippen molar-refractivity contribution in [2.45, 2.75) is 24.2 Å². The van der Waals surface area contributed by atoms with E-state index in [2.05, 4.69) is 5.32 Å². The third-order valence-electron chi connectivity index (χ3n) is 4.50. The Morgan fingerprint density at radius 3 is 2.65 bits per heavy atom. The maximum atomic E-state index is 13.2. The summed E-state index contributed by atoms with van der Waals surface area (Å²) in [6.07, 6.45) is 3.68. The molecule has 0 spiro atoms. The van der Waals surface area contributed by atoms with Crippen LogP contribution in [0.15, 0.2) is 41.4 Å². The molecule has 1 amide bonds. The van der Waals surface area contributed by atoms with Crippen molar-refractivity contribution >= 4 is 15.9 Å². The number of aromatic nitrogens is 1. The maximum absolute atomic E-state index is 13.2. The van der Waals surface area contributed by atoms with Crippen molar-refractivity contribution in [3.63, 3.8) is 0 Å². The molecule has 1 fully saturated rings. The Morgan fingerprint density at radius 1 is 1.23 bits per heavy atom. The smallest absolute Gasteiger partial charge is 0.267 e. The molecule has 1 aromatic carbocycles. The summed E-state index contributed by atoms with van der Waals surface area (Å²) in [6, 6.07) is 7.62. The number of aryl methyl sites for hydroxylation is 1. The van der Waals surface area contributed by atoms with E-state index in [-0.39, 0.29) is 22.3 Å². The van der Waals surface area contributed by atoms with Crippen LogP contribution in [0.2, 0.25) is 0 Å². The second kappa shape index (κ2) is 7.59. The molecule has 140 valence electrons. The summed E-state index contributed by atoms with van der Waals surface area (Å²) in [6.45, 7) is 1.38. The van der Waals surface area contributed by atoms with Crippen molar-refractivity contribution in [3.05, 3.63) is 53.6 Å². The van der Waals surface area contributed by atoms with Gasteiger partial charge >= 0.3 is 0 Å². The van der Waals surface area contributed by atoms with Gasteiger partial charge in [-0.1, -0.05) is 12.1 Å². The largest absolute Gasteiger partial charge is 0.350 e. The molecule has 2 heterocycles. The van der Waals surface area contributed by atoms with Crippen LogP contribution in [0.1, 0.15) is 28.9 Å². The van der Waals surface area contributed by atoms with Crippen molar-refractivity contribution in [2.24, 2.45) is 7.05 Å². The van der Waals surface area contributed by atoms with Gasteiger partial charge in [-0.2, -0.15) is 4.31 Å². The molecule has 0 bridgehead atoms. The fourth-order valence-corrected chi connectivity index (χ4v) is 4.67. The fraction of sp³-hybridized carbons (Fsp3) is 0.389. The second-order valence-electron chi connectivity index (χ2n) is 6.42. The molecule has 6 nitrogen and oxygen atoms in total. The number of amides is 1. The van der Waals surface area contributed by atoms with Gasteiger partial charge in [0.2, 0.25) is 10.0 Å². The van der Waals surface area contributed by atoms with Gasteiger partial charge in [-0.15, -0.1) is 0 Å². The number of benzene rings is 1. The Balaban J connectivity index is 1.65. The van der Waals surface area contributed by atoms with Crippen LogP contribution in [0.3, 0.4) is 0 Å². The Hall–Kier alpha value is -2.19. The molecule has 1 aromatic heterocycles. The van der Waals surface area contributed by atoms with Crippen LogP contribution in [0, 0.1) is 5.82 Å². The highest BCUT2D eigenvalue weighted by molar-refractivity contribution is 7.89. The molecule has 0 atom stereocenters. The molecule has 2 aromatic rings. The van der Waals surface area contributed by atoms with Gasteiger partial charge in [-0.25, -0.2) is 12.8 Å². The zero-order valence-corrected chi connectivity index (χ0v) is 15.4. The Kier molecular flexibility index (Phi) is 5.43. The quantitative estimate of drug-likeness (QED) is 0.834. The maximum Gasteiger partial charge on any atom is 0.267 e. The minimum absolute atomic E-state index is 0.136. The van der Waals surface area contributed by atoms with Gasteiger partial charge < -0.3 is 9.88 Å². The third kappa shape index (κ3) is 3.96. The molecule has 26 heavy (non-hydrogen) atoms. The molecular formula is C18H22FN3O3S. The zero-order chi connectivity index (χ0) is 18.7. The van der Waals surface area contributed by atoms with E-state index in [1.165, 1.54) is 33.3 Å². The Morgan fingerprint density at radius 2 is 1.96 bits per heavy atom. The van der Waals surface area contributed by atoms with E-state index in [0.717, 1.165) is 18.4 Å². The molecule has 0 saturated carbocycles. The summed E-state index contributed by atoms with van der Waals surface area (Å²) >= 11 is 0. The highest BCUT2D eigenvalue weighted by atomic mass is 32.2. The highest BCUT2D eigenvalue weighted by Gasteiger charge is 2.29. The van der Waals surface area contributed by atoms with E-state index >= 15 is 0 Å². The first-order valence-electron chi connectivity index (χ1n) is 8.57. The lowest BCUT2D eigenvalue weighted by molar-refractivity contribution is 0.0946. The van der Waals surface area contributed by atoms with Gasteiger partial charge in [0.1, 0.15) is 16.4 Å². The lowest BCUT2D eigenvalue weighted by atomic mass is 10.1. The van der Waals surface area contributed by atoms with Crippen LogP contribution in [-0.4, -0.2) is 42.8 Å². The average molecular weight is 379 g/mol. The number of nitrogens with zero attached hydrogens (tertiary/aromatic N) is 2. The van der Waals surface area contributed by atoms with Gasteiger partial charge in [0, 0.05) is 32.9 Å². The van der Waals surface area contributed by atoms with E-state index in [4.69, 9.17) is 0 Å². The number of hydrogen-bond acceptors (Lipinski definition) is 3. The molecule has 0 radical (unpaired) electrons. The number of hydrogen-bond donors (Lipinski definition) is 1. The number of halogens is 1. The monoisotopic (exact) mass is 379 g/mol. The molecule has 8 heteroatoms. The summed E-state index contributed by atoms with van der Waals surface area (Å²) in [4.78, 5) is 12.5. The van der Waals surface area contributed by atoms with Crippen molar-refractivity contribution in [3.8, 4) is 0 Å². The van der Waals surface area contributed by atoms with E-state index in [1.807, 2.05) is 0 Å². The molecule has 1 aliphatic rings. The van der Waals surface area contributed by atoms with Gasteiger partial charge in [-0.3, -0.25) is 4.79 Å². The molecule has 3 rings (SSSR count). The predicted molar refractivity (Wildman–Crippen MR) is 95.8 cm³/mol. The minimum Gasteiger partial charge on any atom is -0.350 e. The van der Waals surface area contributed by atoms with Gasteiger partial charge in [0.05, 0.1) is 0 Å². The molecule has 1 N–H and O–H groups in total. The molecular weight excluding hydrogens is 357 g/mol. The van der Waals surface area contributed by atoms with Crippen LogP contribution in [0.4, 0.5) is 4.39 Å². The minimum atomic E-state index is -3.55. The molecule has 0 aliphatic carbocycles. The summed E-state index contributed by atoms with van der Waals surface area (Å²) in [5.74, 6) is -0.667. The predicted octanol–water partition coefficient (Wildman–Crippen LogP) is 1.92. The van der Waals surface area contributed by atoms with E-state index in [1.54, 1.807) is 19.2 Å². The van der Waals surface area contributed by atoms with E-state index in [9.17, 15) is 17.6 Å². The van der Waals surface area contributed by atoms with E-state index in [0.29, 0.717) is 26.1 Å². The lowest BCUT2D eigenvalue weighted by Crippen LogP contribution is -2.28. The van der Waals surface area contributed by atoms with Crippen LogP contribution in [-0.2, 0) is 23.5 Å². The van der Waals surface area contributed by atoms with Gasteiger partial charge in [0.15, 0.2) is 0 Å². The van der Waals surface area contributed by atoms with Crippen molar-refractivity contribution in [1.82, 2.24) is 14.2 Å². The Bertz CT molecular complexity index is 902. The van der Waals surface area contributed by atoms with Gasteiger partial charge in [0.25, 0.3) is 5.91 Å². The Labute approximate surface area is 152 Å². The average Bonchev–Trinajstić information content (AvgIpc) is 3.25. The first kappa shape index (κ1) is 18.6. The highest BCUT2D eigenvalue weighted by Crippen LogP contribution is 2.22. The van der Waals surface area contributed by atoms with E-state index < -0.39 is 10.0 Å². The molecule has 1 saturated heterocycles. The number of nitrogens with one attached hydrogen (secondary N) is 1. The second-order valence-corrected chi connectivity index (χ2v) is 8.36. The topological polar surface area (TPSA) is 71.4 Å². The lowest BCUT2D eigenvalue weighted by Gasteiger charge is -2.13. The first-order chi connectivity index (χ1) is 12.4. The number of carbonyl (C=O) groups excluding carboxylic acids is 1. The van der Waals surface area contributed by atoms with Crippen LogP contribution >= 0.6 is 0 Å². The molecule has 1 aliphatic heterocycles. The fourth-order valence-electron chi connectivity index (χ4n) is 3.08. The number of carbonyl (C=O) groups is 1. The summed E-state index contributed by atoms with van der Waals surface area (Å²) < 4.78 is 41.3. The standard InChI is InChI=1S/C18H22FN3O3S/c1-21-13-16(26(24,25)22-9-2-3-10-22)12-17(21)18(23)20-8-7-14-5-4-6-15(19)11-14/h4-6,11-13H,2-3,7-10H2,1H3,(H,20,23). The van der Waals surface area contributed by atoms with Crippen molar-refractivity contribution in [1.29, 1.82) is 0 Å². The SMILES string of the molecule is Cn1cc(S(=O)(=O)N2CCCC2)cc1C(=O)NCCc1cccc(F)c1. The first-order valence-corrected chi connectivity index (χ1v) is 10.0. The normalized spacial score (nSPS) is 15.3. The third-order valence-corrected chi connectivity index (χ3v) is 6.37. The van der Waals surface area contributed by atoms with Crippen LogP contribution in [0.5, 0.6) is 0 Å². The zero-order valence-electron chi connectivity index (χ0n) is 14.6. The summed E-state index contributed by atoms with van der Waals surface area (Å²) in [7, 11) is -1.91. The summed E-state index contributed by atoms with van der Waals surface area (Å²) in [5, 5.41) is 2.75. The van der Waals surface area contributed by atoms with Crippen molar-refractivity contribution in [2.75, 3.05) is 19.6 Å². The van der Waals surface area contributed by atoms with Crippen LogP contribution < -0.4 is 5.32 Å². The number of rotatable bonds is 6. The molecule has 0 unspecified atom stereocenters. The van der Waals surface area contributed by atoms with Gasteiger partial charge in [-0.05, 0) is 43.0 Å². The van der Waals surface area contributed by atoms with Crippen LogP contribution in [0.25, 0.3) is 0 Å².